The summed E-state index contributed by atoms with van der Waals surface area (Å²) in [5.41, 5.74) is 0. The SMILES string of the molecule is C#CC(=O)NC1CCC(C)CC1. The molecule has 1 fully saturated rings. The van der Waals surface area contributed by atoms with Gasteiger partial charge in [0.25, 0.3) is 5.91 Å². The number of amides is 1. The van der Waals surface area contributed by atoms with E-state index < -0.39 is 0 Å². The summed E-state index contributed by atoms with van der Waals surface area (Å²) in [4.78, 5) is 10.8. The summed E-state index contributed by atoms with van der Waals surface area (Å²) in [6, 6.07) is 0.324. The Balaban J connectivity index is 2.27. The Morgan fingerprint density at radius 3 is 2.50 bits per heavy atom. The molecule has 66 valence electrons. The number of terminal acetylenes is 1. The smallest absolute Gasteiger partial charge is 0.295 e. The van der Waals surface area contributed by atoms with Gasteiger partial charge in [-0.15, -0.1) is 6.42 Å². The van der Waals surface area contributed by atoms with Crippen LogP contribution in [0.1, 0.15) is 32.6 Å². The predicted octanol–water partition coefficient (Wildman–Crippen LogP) is 1.31. The lowest BCUT2D eigenvalue weighted by molar-refractivity contribution is -0.116. The Bertz CT molecular complexity index is 196. The quantitative estimate of drug-likeness (QED) is 0.583. The number of nitrogens with one attached hydrogen (secondary N) is 1. The Labute approximate surface area is 73.7 Å². The van der Waals surface area contributed by atoms with E-state index in [1.807, 2.05) is 0 Å². The molecule has 0 spiro atoms. The summed E-state index contributed by atoms with van der Waals surface area (Å²) in [5.74, 6) is 2.61. The average Bonchev–Trinajstić information content (AvgIpc) is 2.09. The van der Waals surface area contributed by atoms with Crippen LogP contribution >= 0.6 is 0 Å². The van der Waals surface area contributed by atoms with Crippen LogP contribution in [0.25, 0.3) is 0 Å². The molecule has 0 heterocycles. The second-order valence-electron chi connectivity index (χ2n) is 3.57. The fourth-order valence-electron chi connectivity index (χ4n) is 1.63. The molecule has 0 bridgehead atoms. The lowest BCUT2D eigenvalue weighted by Crippen LogP contribution is -2.36. The van der Waals surface area contributed by atoms with Crippen molar-refractivity contribution in [3.05, 3.63) is 0 Å². The minimum Gasteiger partial charge on any atom is -0.343 e. The number of carbonyl (C=O) groups excluding carboxylic acids is 1. The van der Waals surface area contributed by atoms with Crippen LogP contribution in [-0.2, 0) is 4.79 Å². The summed E-state index contributed by atoms with van der Waals surface area (Å²) in [6.45, 7) is 2.25. The molecule has 12 heavy (non-hydrogen) atoms. The molecule has 0 aromatic carbocycles. The second kappa shape index (κ2) is 4.15. The Kier molecular flexibility index (Phi) is 3.16. The van der Waals surface area contributed by atoms with Crippen molar-refractivity contribution in [1.29, 1.82) is 0 Å². The highest BCUT2D eigenvalue weighted by Crippen LogP contribution is 2.23. The first-order valence-electron chi connectivity index (χ1n) is 4.49. The standard InChI is InChI=1S/C10H15NO/c1-3-10(12)11-9-6-4-8(2)5-7-9/h1,8-9H,4-7H2,2H3,(H,11,12). The molecule has 1 amide bonds. The first-order valence-corrected chi connectivity index (χ1v) is 4.49. The fraction of sp³-hybridized carbons (Fsp3) is 0.700. The molecule has 1 aliphatic rings. The molecule has 0 aliphatic heterocycles. The molecule has 0 aromatic rings. The van der Waals surface area contributed by atoms with Crippen molar-refractivity contribution in [1.82, 2.24) is 5.32 Å². The van der Waals surface area contributed by atoms with Gasteiger partial charge in [0.2, 0.25) is 0 Å². The van der Waals surface area contributed by atoms with Crippen molar-refractivity contribution in [3.8, 4) is 12.3 Å². The van der Waals surface area contributed by atoms with Crippen LogP contribution in [0.3, 0.4) is 0 Å². The first kappa shape index (κ1) is 9.12. The van der Waals surface area contributed by atoms with Crippen molar-refractivity contribution in [2.24, 2.45) is 5.92 Å². The molecule has 2 nitrogen and oxygen atoms in total. The average molecular weight is 165 g/mol. The summed E-state index contributed by atoms with van der Waals surface area (Å²) in [6.07, 6.45) is 9.52. The fourth-order valence-corrected chi connectivity index (χ4v) is 1.63. The van der Waals surface area contributed by atoms with E-state index in [1.165, 1.54) is 12.8 Å². The predicted molar refractivity (Wildman–Crippen MR) is 48.4 cm³/mol. The van der Waals surface area contributed by atoms with Crippen LogP contribution in [0.4, 0.5) is 0 Å². The van der Waals surface area contributed by atoms with Crippen LogP contribution in [0.15, 0.2) is 0 Å². The van der Waals surface area contributed by atoms with E-state index >= 15 is 0 Å². The van der Waals surface area contributed by atoms with Crippen molar-refractivity contribution in [2.75, 3.05) is 0 Å². The maximum atomic E-state index is 10.8. The third kappa shape index (κ3) is 2.58. The van der Waals surface area contributed by atoms with Gasteiger partial charge in [0.15, 0.2) is 0 Å². The Morgan fingerprint density at radius 1 is 1.42 bits per heavy atom. The molecule has 0 aromatic heterocycles. The molecule has 0 atom stereocenters. The molecule has 2 heteroatoms. The van der Waals surface area contributed by atoms with E-state index in [-0.39, 0.29) is 5.91 Å². The molecular weight excluding hydrogens is 150 g/mol. The van der Waals surface area contributed by atoms with Gasteiger partial charge in [-0.2, -0.15) is 0 Å². The molecular formula is C10H15NO. The van der Waals surface area contributed by atoms with Crippen LogP contribution < -0.4 is 5.32 Å². The van der Waals surface area contributed by atoms with Crippen molar-refractivity contribution in [2.45, 2.75) is 38.6 Å². The van der Waals surface area contributed by atoms with Crippen molar-refractivity contribution < 1.29 is 4.79 Å². The lowest BCUT2D eigenvalue weighted by atomic mass is 9.87. The molecule has 0 saturated heterocycles. The van der Waals surface area contributed by atoms with Gasteiger partial charge in [0.1, 0.15) is 0 Å². The highest BCUT2D eigenvalue weighted by atomic mass is 16.1. The summed E-state index contributed by atoms with van der Waals surface area (Å²) < 4.78 is 0. The maximum absolute atomic E-state index is 10.8. The number of carbonyl (C=O) groups is 1. The van der Waals surface area contributed by atoms with Crippen LogP contribution in [0, 0.1) is 18.3 Å². The molecule has 1 N–H and O–H groups in total. The molecule has 0 unspecified atom stereocenters. The van der Waals surface area contributed by atoms with Crippen LogP contribution in [-0.4, -0.2) is 11.9 Å². The van der Waals surface area contributed by atoms with E-state index in [0.717, 1.165) is 18.8 Å². The topological polar surface area (TPSA) is 29.1 Å². The van der Waals surface area contributed by atoms with Gasteiger partial charge < -0.3 is 5.32 Å². The molecule has 1 rings (SSSR count). The summed E-state index contributed by atoms with van der Waals surface area (Å²) in [5, 5.41) is 2.81. The Hall–Kier alpha value is -0.970. The van der Waals surface area contributed by atoms with Crippen molar-refractivity contribution >= 4 is 5.91 Å². The summed E-state index contributed by atoms with van der Waals surface area (Å²) in [7, 11) is 0. The first-order chi connectivity index (χ1) is 5.72. The zero-order chi connectivity index (χ0) is 8.97. The normalized spacial score (nSPS) is 29.0. The van der Waals surface area contributed by atoms with Gasteiger partial charge in [-0.25, -0.2) is 0 Å². The zero-order valence-electron chi connectivity index (χ0n) is 7.47. The lowest BCUT2D eigenvalue weighted by Gasteiger charge is -2.25. The van der Waals surface area contributed by atoms with Gasteiger partial charge in [-0.1, -0.05) is 6.92 Å². The van der Waals surface area contributed by atoms with E-state index in [9.17, 15) is 4.79 Å². The number of hydrogen-bond donors (Lipinski definition) is 1. The number of hydrogen-bond acceptors (Lipinski definition) is 1. The monoisotopic (exact) mass is 165 g/mol. The van der Waals surface area contributed by atoms with Crippen LogP contribution in [0.5, 0.6) is 0 Å². The van der Waals surface area contributed by atoms with E-state index in [4.69, 9.17) is 6.42 Å². The highest BCUT2D eigenvalue weighted by molar-refractivity contribution is 5.92. The Morgan fingerprint density at radius 2 is 2.00 bits per heavy atom. The van der Waals surface area contributed by atoms with Gasteiger partial charge >= 0.3 is 0 Å². The minimum atomic E-state index is -0.269. The maximum Gasteiger partial charge on any atom is 0.295 e. The number of rotatable bonds is 1. The molecule has 1 aliphatic carbocycles. The second-order valence-corrected chi connectivity index (χ2v) is 3.57. The highest BCUT2D eigenvalue weighted by Gasteiger charge is 2.18. The van der Waals surface area contributed by atoms with Gasteiger partial charge in [-0.05, 0) is 37.5 Å². The molecule has 1 saturated carbocycles. The minimum absolute atomic E-state index is 0.269. The third-order valence-electron chi connectivity index (χ3n) is 2.48. The largest absolute Gasteiger partial charge is 0.343 e. The summed E-state index contributed by atoms with van der Waals surface area (Å²) >= 11 is 0. The third-order valence-corrected chi connectivity index (χ3v) is 2.48. The van der Waals surface area contributed by atoms with Gasteiger partial charge in [-0.3, -0.25) is 4.79 Å². The zero-order valence-corrected chi connectivity index (χ0v) is 7.47. The van der Waals surface area contributed by atoms with Crippen molar-refractivity contribution in [3.63, 3.8) is 0 Å². The van der Waals surface area contributed by atoms with Gasteiger partial charge in [0.05, 0.1) is 0 Å². The van der Waals surface area contributed by atoms with E-state index in [2.05, 4.69) is 18.2 Å². The van der Waals surface area contributed by atoms with Crippen LogP contribution in [0.2, 0.25) is 0 Å². The van der Waals surface area contributed by atoms with Gasteiger partial charge in [0, 0.05) is 6.04 Å². The molecule has 0 radical (unpaired) electrons. The van der Waals surface area contributed by atoms with E-state index in [0.29, 0.717) is 6.04 Å². The van der Waals surface area contributed by atoms with E-state index in [1.54, 1.807) is 0 Å².